The molecule has 0 heterocycles. The Hall–Kier alpha value is -0.740. The molecule has 0 aromatic heterocycles. The lowest BCUT2D eigenvalue weighted by atomic mass is 9.93. The van der Waals surface area contributed by atoms with Gasteiger partial charge in [0, 0.05) is 18.8 Å². The maximum atomic E-state index is 10.7. The summed E-state index contributed by atoms with van der Waals surface area (Å²) in [5, 5.41) is 10.0. The van der Waals surface area contributed by atoms with Crippen LogP contribution in [0.25, 0.3) is 0 Å². The van der Waals surface area contributed by atoms with Gasteiger partial charge >= 0.3 is 0 Å². The van der Waals surface area contributed by atoms with Gasteiger partial charge in [0.25, 0.3) is 0 Å². The molecule has 4 nitrogen and oxygen atoms in total. The highest BCUT2D eigenvalue weighted by atomic mass is 16.6. The second-order valence-corrected chi connectivity index (χ2v) is 4.22. The van der Waals surface area contributed by atoms with E-state index in [1.54, 1.807) is 6.92 Å². The maximum Gasteiger partial charge on any atom is 0.166 e. The highest BCUT2D eigenvalue weighted by molar-refractivity contribution is 5.66. The molecule has 1 aliphatic carbocycles. The van der Waals surface area contributed by atoms with Gasteiger partial charge in [-0.25, -0.2) is 0 Å². The molecule has 0 spiro atoms. The molecule has 15 heavy (non-hydrogen) atoms. The molecule has 0 bridgehead atoms. The number of hydrogen-bond acceptors (Lipinski definition) is 4. The van der Waals surface area contributed by atoms with Crippen molar-refractivity contribution in [3.05, 3.63) is 0 Å². The van der Waals surface area contributed by atoms with Crippen LogP contribution in [-0.2, 0) is 14.3 Å². The van der Waals surface area contributed by atoms with Crippen LogP contribution in [0.15, 0.2) is 0 Å². The molecule has 0 unspecified atom stereocenters. The van der Waals surface area contributed by atoms with Crippen LogP contribution in [-0.4, -0.2) is 29.6 Å². The van der Waals surface area contributed by atoms with Crippen molar-refractivity contribution in [3.8, 4) is 0 Å². The number of carbonyl (C=O) groups excluding carboxylic acids is 2. The summed E-state index contributed by atoms with van der Waals surface area (Å²) in [5.41, 5.74) is 0. The van der Waals surface area contributed by atoms with Gasteiger partial charge in [0.1, 0.15) is 18.7 Å². The van der Waals surface area contributed by atoms with Gasteiger partial charge in [-0.15, -0.1) is 0 Å². The Bertz CT molecular complexity index is 221. The van der Waals surface area contributed by atoms with Crippen molar-refractivity contribution < 1.29 is 19.4 Å². The van der Waals surface area contributed by atoms with Crippen LogP contribution in [0.5, 0.6) is 0 Å². The predicted octanol–water partition coefficient (Wildman–Crippen LogP) is 1.06. The van der Waals surface area contributed by atoms with E-state index in [4.69, 9.17) is 4.74 Å². The summed E-state index contributed by atoms with van der Waals surface area (Å²) in [6.07, 6.45) is 4.41. The lowest BCUT2D eigenvalue weighted by Gasteiger charge is -2.34. The van der Waals surface area contributed by atoms with Crippen molar-refractivity contribution in [1.29, 1.82) is 0 Å². The van der Waals surface area contributed by atoms with Gasteiger partial charge in [-0.2, -0.15) is 0 Å². The van der Waals surface area contributed by atoms with Crippen molar-refractivity contribution in [3.63, 3.8) is 0 Å². The van der Waals surface area contributed by atoms with E-state index in [9.17, 15) is 14.7 Å². The van der Waals surface area contributed by atoms with Gasteiger partial charge in [-0.1, -0.05) is 13.3 Å². The Morgan fingerprint density at radius 3 is 2.27 bits per heavy atom. The van der Waals surface area contributed by atoms with E-state index in [-0.39, 0.29) is 0 Å². The Labute approximate surface area is 89.6 Å². The summed E-state index contributed by atoms with van der Waals surface area (Å²) in [6, 6.07) is 0. The smallest absolute Gasteiger partial charge is 0.166 e. The molecule has 1 aliphatic rings. The average Bonchev–Trinajstić information content (AvgIpc) is 2.26. The van der Waals surface area contributed by atoms with Crippen LogP contribution in [0.2, 0.25) is 0 Å². The number of aliphatic hydroxyl groups is 1. The van der Waals surface area contributed by atoms with Crippen molar-refractivity contribution in [1.82, 2.24) is 0 Å². The molecule has 1 fully saturated rings. The Morgan fingerprint density at radius 2 is 1.80 bits per heavy atom. The second kappa shape index (κ2) is 5.37. The number of ether oxygens (including phenoxy) is 1. The quantitative estimate of drug-likeness (QED) is 0.549. The minimum Gasteiger partial charge on any atom is -0.365 e. The molecule has 0 radical (unpaired) electrons. The van der Waals surface area contributed by atoms with E-state index >= 15 is 0 Å². The maximum absolute atomic E-state index is 10.7. The van der Waals surface area contributed by atoms with Crippen molar-refractivity contribution >= 4 is 12.6 Å². The zero-order valence-electron chi connectivity index (χ0n) is 9.02. The number of hydrogen-bond donors (Lipinski definition) is 1. The zero-order chi connectivity index (χ0) is 11.3. The molecule has 0 aromatic rings. The van der Waals surface area contributed by atoms with Crippen molar-refractivity contribution in [2.45, 2.75) is 50.9 Å². The SMILES string of the molecule is C[C@@H](C=O)[C@@H](C=O)OC1(O)CCCCC1. The molecule has 4 heteroatoms. The van der Waals surface area contributed by atoms with Crippen LogP contribution in [0.4, 0.5) is 0 Å². The van der Waals surface area contributed by atoms with E-state index < -0.39 is 17.8 Å². The van der Waals surface area contributed by atoms with Crippen LogP contribution in [0.1, 0.15) is 39.0 Å². The lowest BCUT2D eigenvalue weighted by Crippen LogP contribution is -2.41. The summed E-state index contributed by atoms with van der Waals surface area (Å²) < 4.78 is 5.34. The van der Waals surface area contributed by atoms with Gasteiger partial charge in [-0.3, -0.25) is 0 Å². The third-order valence-electron chi connectivity index (χ3n) is 2.86. The summed E-state index contributed by atoms with van der Waals surface area (Å²) in [7, 11) is 0. The lowest BCUT2D eigenvalue weighted by molar-refractivity contribution is -0.244. The first-order chi connectivity index (χ1) is 7.11. The molecular formula is C11H18O4. The third kappa shape index (κ3) is 3.39. The second-order valence-electron chi connectivity index (χ2n) is 4.22. The molecule has 86 valence electrons. The topological polar surface area (TPSA) is 63.6 Å². The highest BCUT2D eigenvalue weighted by Crippen LogP contribution is 2.30. The van der Waals surface area contributed by atoms with E-state index in [2.05, 4.69) is 0 Å². The zero-order valence-corrected chi connectivity index (χ0v) is 9.02. The molecule has 0 aliphatic heterocycles. The molecule has 0 aromatic carbocycles. The fourth-order valence-corrected chi connectivity index (χ4v) is 1.81. The third-order valence-corrected chi connectivity index (χ3v) is 2.86. The van der Waals surface area contributed by atoms with Crippen LogP contribution in [0, 0.1) is 5.92 Å². The molecule has 0 amide bonds. The van der Waals surface area contributed by atoms with Gasteiger partial charge in [-0.05, 0) is 12.8 Å². The van der Waals surface area contributed by atoms with Crippen LogP contribution < -0.4 is 0 Å². The van der Waals surface area contributed by atoms with Crippen LogP contribution in [0.3, 0.4) is 0 Å². The fourth-order valence-electron chi connectivity index (χ4n) is 1.81. The Balaban J connectivity index is 2.56. The predicted molar refractivity (Wildman–Crippen MR) is 54.2 cm³/mol. The van der Waals surface area contributed by atoms with E-state index in [0.29, 0.717) is 25.4 Å². The van der Waals surface area contributed by atoms with Gasteiger partial charge in [0.2, 0.25) is 0 Å². The molecule has 1 rings (SSSR count). The van der Waals surface area contributed by atoms with Gasteiger partial charge in [0.15, 0.2) is 5.79 Å². The Kier molecular flexibility index (Phi) is 4.42. The summed E-state index contributed by atoms with van der Waals surface area (Å²) in [5.74, 6) is -1.71. The summed E-state index contributed by atoms with van der Waals surface area (Å²) >= 11 is 0. The van der Waals surface area contributed by atoms with Crippen molar-refractivity contribution in [2.75, 3.05) is 0 Å². The molecular weight excluding hydrogens is 196 g/mol. The first-order valence-electron chi connectivity index (χ1n) is 5.42. The highest BCUT2D eigenvalue weighted by Gasteiger charge is 2.34. The number of rotatable bonds is 5. The first-order valence-corrected chi connectivity index (χ1v) is 5.42. The number of carbonyl (C=O) groups is 2. The van der Waals surface area contributed by atoms with Gasteiger partial charge < -0.3 is 19.4 Å². The molecule has 2 atom stereocenters. The average molecular weight is 214 g/mol. The monoisotopic (exact) mass is 214 g/mol. The molecule has 1 N–H and O–H groups in total. The van der Waals surface area contributed by atoms with E-state index in [0.717, 1.165) is 19.3 Å². The van der Waals surface area contributed by atoms with Gasteiger partial charge in [0.05, 0.1) is 0 Å². The minimum atomic E-state index is -1.21. The standard InChI is InChI=1S/C11H18O4/c1-9(7-12)10(8-13)15-11(14)5-3-2-4-6-11/h7-10,14H,2-6H2,1H3/t9-,10+/m0/s1. The van der Waals surface area contributed by atoms with E-state index in [1.165, 1.54) is 0 Å². The normalized spacial score (nSPS) is 24.1. The van der Waals surface area contributed by atoms with Crippen LogP contribution >= 0.6 is 0 Å². The molecule has 1 saturated carbocycles. The minimum absolute atomic E-state index is 0.506. The summed E-state index contributed by atoms with van der Waals surface area (Å²) in [6.45, 7) is 1.61. The molecule has 0 saturated heterocycles. The van der Waals surface area contributed by atoms with E-state index in [1.807, 2.05) is 0 Å². The summed E-state index contributed by atoms with van der Waals surface area (Å²) in [4.78, 5) is 21.3. The number of aldehydes is 2. The Morgan fingerprint density at radius 1 is 1.20 bits per heavy atom. The fraction of sp³-hybridized carbons (Fsp3) is 0.818. The largest absolute Gasteiger partial charge is 0.365 e. The van der Waals surface area contributed by atoms with Crippen molar-refractivity contribution in [2.24, 2.45) is 5.92 Å². The first kappa shape index (κ1) is 12.3.